The van der Waals surface area contributed by atoms with Gasteiger partial charge in [0.2, 0.25) is 12.9 Å². The van der Waals surface area contributed by atoms with E-state index in [9.17, 15) is 37.1 Å². The molecule has 8 nitrogen and oxygen atoms in total. The van der Waals surface area contributed by atoms with Crippen LogP contribution >= 0.6 is 12.4 Å². The number of nitrogens with two attached hydrogens (primary N) is 1. The van der Waals surface area contributed by atoms with Crippen LogP contribution in [0.2, 0.25) is 0 Å². The Morgan fingerprint density at radius 1 is 1.13 bits per heavy atom. The number of nitrogens with one attached hydrogen (secondary N) is 1. The van der Waals surface area contributed by atoms with Crippen molar-refractivity contribution in [3.63, 3.8) is 0 Å². The molecule has 184 valence electrons. The molecule has 0 rings (SSSR count). The molecule has 0 aromatic heterocycles. The minimum atomic E-state index is -2.81. The number of alkyl halides is 4. The number of hydrogen-bond acceptors (Lipinski definition) is 6. The normalized spacial score (nSPS) is 13.8. The second-order valence-corrected chi connectivity index (χ2v) is 7.19. The number of aliphatic carboxylic acids is 1. The molecule has 0 heterocycles. The number of Topliss-reactive ketones (excluding diaryl/α,β-unsaturated/α-hetero) is 1. The van der Waals surface area contributed by atoms with Gasteiger partial charge in [-0.2, -0.15) is 0 Å². The number of allylic oxidation sites excluding steroid dienone is 1. The second-order valence-electron chi connectivity index (χ2n) is 7.19. The van der Waals surface area contributed by atoms with Crippen LogP contribution in [0.5, 0.6) is 0 Å². The molecule has 3 unspecified atom stereocenters. The Hall–Kier alpha value is -1.92. The SMILES string of the molecule is C=CCCC(=O)C(O)C(N)CC(F)F.CC(C)(C)OC(=O)NC(CC(F)F)C(=O)O.Cl. The van der Waals surface area contributed by atoms with Gasteiger partial charge in [0.25, 0.3) is 0 Å². The summed E-state index contributed by atoms with van der Waals surface area (Å²) in [5.41, 5.74) is 4.41. The van der Waals surface area contributed by atoms with Crippen LogP contribution in [-0.2, 0) is 14.3 Å². The molecule has 0 spiro atoms. The van der Waals surface area contributed by atoms with Crippen LogP contribution in [0, 0.1) is 0 Å². The van der Waals surface area contributed by atoms with Gasteiger partial charge in [-0.15, -0.1) is 19.0 Å². The number of aliphatic hydroxyl groups is 1. The molecule has 0 bridgehead atoms. The predicted octanol–water partition coefficient (Wildman–Crippen LogP) is 2.91. The number of hydrogen-bond donors (Lipinski definition) is 4. The molecular weight excluding hydrogens is 452 g/mol. The van der Waals surface area contributed by atoms with Gasteiger partial charge in [0.05, 0.1) is 0 Å². The number of halogens is 5. The van der Waals surface area contributed by atoms with Gasteiger partial charge >= 0.3 is 12.1 Å². The van der Waals surface area contributed by atoms with Crippen molar-refractivity contribution in [2.75, 3.05) is 0 Å². The smallest absolute Gasteiger partial charge is 0.408 e. The first-order valence-electron chi connectivity index (χ1n) is 8.96. The summed E-state index contributed by atoms with van der Waals surface area (Å²) in [6, 6.07) is -2.83. The quantitative estimate of drug-likeness (QED) is 0.262. The molecule has 13 heteroatoms. The Morgan fingerprint density at radius 2 is 1.61 bits per heavy atom. The lowest BCUT2D eigenvalue weighted by molar-refractivity contribution is -0.140. The third kappa shape index (κ3) is 19.8. The van der Waals surface area contributed by atoms with E-state index in [2.05, 4.69) is 6.58 Å². The van der Waals surface area contributed by atoms with Crippen molar-refractivity contribution in [1.29, 1.82) is 0 Å². The Labute approximate surface area is 184 Å². The van der Waals surface area contributed by atoms with Gasteiger partial charge in [0.1, 0.15) is 17.7 Å². The van der Waals surface area contributed by atoms with Crippen LogP contribution in [0.3, 0.4) is 0 Å². The van der Waals surface area contributed by atoms with Crippen LogP contribution in [-0.4, -0.2) is 64.7 Å². The highest BCUT2D eigenvalue weighted by Gasteiger charge is 2.27. The summed E-state index contributed by atoms with van der Waals surface area (Å²) in [5.74, 6) is -2.04. The summed E-state index contributed by atoms with van der Waals surface area (Å²) in [7, 11) is 0. The number of carboxylic acid groups (broad SMARTS) is 1. The third-order valence-electron chi connectivity index (χ3n) is 3.18. The van der Waals surface area contributed by atoms with Gasteiger partial charge < -0.3 is 26.0 Å². The second kappa shape index (κ2) is 16.7. The molecule has 31 heavy (non-hydrogen) atoms. The summed E-state index contributed by atoms with van der Waals surface area (Å²) < 4.78 is 52.4. The minimum Gasteiger partial charge on any atom is -0.480 e. The standard InChI is InChI=1S/C9H15F2NO4.C9H15F2NO2.ClH/c1-9(2,3)16-8(15)12-5(7(13)14)4-6(10)11;1-2-3-4-7(13)9(14)6(12)5-8(10)11;/h5-6H,4H2,1-3H3,(H,12,15)(H,13,14);2,6,8-9,14H,1,3-5,12H2;1H. The molecule has 0 saturated heterocycles. The number of rotatable bonds is 11. The zero-order valence-corrected chi connectivity index (χ0v) is 18.3. The molecule has 0 aliphatic heterocycles. The molecule has 0 fully saturated rings. The number of carbonyl (C=O) groups excluding carboxylic acids is 2. The molecule has 5 N–H and O–H groups in total. The molecule has 0 radical (unpaired) electrons. The fourth-order valence-corrected chi connectivity index (χ4v) is 1.82. The molecule has 0 aliphatic rings. The topological polar surface area (TPSA) is 139 Å². The number of carboxylic acids is 1. The fourth-order valence-electron chi connectivity index (χ4n) is 1.82. The summed E-state index contributed by atoms with van der Waals surface area (Å²) in [6.07, 6.45) is -7.54. The van der Waals surface area contributed by atoms with Gasteiger partial charge in [-0.25, -0.2) is 27.2 Å². The molecule has 3 atom stereocenters. The largest absolute Gasteiger partial charge is 0.480 e. The molecule has 1 amide bonds. The average molecular weight is 483 g/mol. The van der Waals surface area contributed by atoms with Crippen molar-refractivity contribution in [2.45, 2.75) is 83.1 Å². The average Bonchev–Trinajstić information content (AvgIpc) is 2.56. The van der Waals surface area contributed by atoms with Crippen LogP contribution in [0.25, 0.3) is 0 Å². The summed E-state index contributed by atoms with van der Waals surface area (Å²) in [4.78, 5) is 32.7. The third-order valence-corrected chi connectivity index (χ3v) is 3.18. The molecule has 0 saturated carbocycles. The molecule has 0 aromatic carbocycles. The number of alkyl carbamates (subject to hydrolysis) is 1. The Kier molecular flexibility index (Phi) is 18.2. The predicted molar refractivity (Wildman–Crippen MR) is 108 cm³/mol. The number of ketones is 1. The van der Waals surface area contributed by atoms with Crippen molar-refractivity contribution < 1.29 is 46.9 Å². The van der Waals surface area contributed by atoms with Crippen molar-refractivity contribution in [3.8, 4) is 0 Å². The molecule has 0 aliphatic carbocycles. The molecule has 0 aromatic rings. The van der Waals surface area contributed by atoms with Crippen LogP contribution in [0.15, 0.2) is 12.7 Å². The highest BCUT2D eigenvalue weighted by molar-refractivity contribution is 5.85. The van der Waals surface area contributed by atoms with E-state index in [4.69, 9.17) is 15.6 Å². The summed E-state index contributed by atoms with van der Waals surface area (Å²) in [5, 5.41) is 19.6. The number of aliphatic hydroxyl groups excluding tert-OH is 1. The van der Waals surface area contributed by atoms with Crippen molar-refractivity contribution >= 4 is 30.3 Å². The lowest BCUT2D eigenvalue weighted by atomic mass is 10.0. The van der Waals surface area contributed by atoms with Crippen LogP contribution in [0.1, 0.15) is 46.5 Å². The van der Waals surface area contributed by atoms with E-state index in [1.54, 1.807) is 20.8 Å². The maximum absolute atomic E-state index is 12.0. The lowest BCUT2D eigenvalue weighted by Gasteiger charge is -2.21. The summed E-state index contributed by atoms with van der Waals surface area (Å²) in [6.45, 7) is 8.14. The van der Waals surface area contributed by atoms with Crippen molar-refractivity contribution in [3.05, 3.63) is 12.7 Å². The van der Waals surface area contributed by atoms with Crippen LogP contribution in [0.4, 0.5) is 22.4 Å². The fraction of sp³-hybridized carbons (Fsp3) is 0.722. The van der Waals surface area contributed by atoms with E-state index < -0.39 is 67.3 Å². The number of ether oxygens (including phenoxy) is 1. The summed E-state index contributed by atoms with van der Waals surface area (Å²) >= 11 is 0. The maximum Gasteiger partial charge on any atom is 0.408 e. The first kappa shape index (κ1) is 33.7. The minimum absolute atomic E-state index is 0. The van der Waals surface area contributed by atoms with E-state index in [0.29, 0.717) is 6.42 Å². The van der Waals surface area contributed by atoms with Gasteiger partial charge in [-0.1, -0.05) is 6.08 Å². The Morgan fingerprint density at radius 3 is 1.97 bits per heavy atom. The Bertz CT molecular complexity index is 562. The first-order chi connectivity index (χ1) is 13.6. The monoisotopic (exact) mass is 482 g/mol. The maximum atomic E-state index is 12.0. The van der Waals surface area contributed by atoms with Crippen molar-refractivity contribution in [1.82, 2.24) is 5.32 Å². The van der Waals surface area contributed by atoms with Gasteiger partial charge in [0, 0.05) is 25.3 Å². The highest BCUT2D eigenvalue weighted by Crippen LogP contribution is 2.10. The van der Waals surface area contributed by atoms with E-state index in [0.717, 1.165) is 0 Å². The van der Waals surface area contributed by atoms with Crippen molar-refractivity contribution in [2.24, 2.45) is 5.73 Å². The van der Waals surface area contributed by atoms with Gasteiger partial charge in [-0.3, -0.25) is 4.79 Å². The Balaban J connectivity index is -0.000000494. The molecular formula is C18H31ClF4N2O6. The first-order valence-corrected chi connectivity index (χ1v) is 8.96. The van der Waals surface area contributed by atoms with Gasteiger partial charge in [0.15, 0.2) is 5.78 Å². The zero-order valence-electron chi connectivity index (χ0n) is 17.5. The van der Waals surface area contributed by atoms with E-state index in [1.165, 1.54) is 6.08 Å². The van der Waals surface area contributed by atoms with E-state index in [1.807, 2.05) is 5.32 Å². The number of carbonyl (C=O) groups is 3. The van der Waals surface area contributed by atoms with Gasteiger partial charge in [-0.05, 0) is 27.2 Å². The van der Waals surface area contributed by atoms with E-state index >= 15 is 0 Å². The zero-order chi connectivity index (χ0) is 24.1. The number of amides is 1. The van der Waals surface area contributed by atoms with E-state index in [-0.39, 0.29) is 18.8 Å². The van der Waals surface area contributed by atoms with Crippen LogP contribution < -0.4 is 11.1 Å². The highest BCUT2D eigenvalue weighted by atomic mass is 35.5. The lowest BCUT2D eigenvalue weighted by Crippen LogP contribution is -2.44.